The third kappa shape index (κ3) is 3.06. The van der Waals surface area contributed by atoms with Gasteiger partial charge >= 0.3 is 0 Å². The zero-order valence-electron chi connectivity index (χ0n) is 11.9. The standard InChI is InChI=1S/C15H16ClN3O3/c16-12-8-11(20)5-4-10(12)7-14(21)19-6-2-1-3-13(19)15-17-9-22-18-15/h4-5,8-9,13,20H,1-3,6-7H2/t13-/m0/s1. The van der Waals surface area contributed by atoms with E-state index >= 15 is 0 Å². The molecule has 22 heavy (non-hydrogen) atoms. The van der Waals surface area contributed by atoms with Crippen LogP contribution in [0.1, 0.15) is 36.7 Å². The molecular formula is C15H16ClN3O3. The second-order valence-electron chi connectivity index (χ2n) is 5.34. The maximum Gasteiger partial charge on any atom is 0.227 e. The molecule has 7 heteroatoms. The number of phenolic OH excluding ortho intramolecular Hbond substituents is 1. The molecule has 0 spiro atoms. The van der Waals surface area contributed by atoms with E-state index in [1.54, 1.807) is 11.0 Å². The minimum absolute atomic E-state index is 0.0258. The fourth-order valence-electron chi connectivity index (χ4n) is 2.77. The molecule has 0 radical (unpaired) electrons. The number of halogens is 1. The second-order valence-corrected chi connectivity index (χ2v) is 5.75. The molecule has 1 fully saturated rings. The summed E-state index contributed by atoms with van der Waals surface area (Å²) in [6.07, 6.45) is 4.29. The Kier molecular flexibility index (Phi) is 4.29. The van der Waals surface area contributed by atoms with Crippen molar-refractivity contribution < 1.29 is 14.4 Å². The molecule has 0 bridgehead atoms. The van der Waals surface area contributed by atoms with Crippen LogP contribution in [0, 0.1) is 0 Å². The zero-order chi connectivity index (χ0) is 15.5. The van der Waals surface area contributed by atoms with Crippen LogP contribution in [0.25, 0.3) is 0 Å². The molecule has 2 aromatic rings. The summed E-state index contributed by atoms with van der Waals surface area (Å²) >= 11 is 6.08. The summed E-state index contributed by atoms with van der Waals surface area (Å²) in [5.41, 5.74) is 0.696. The number of phenols is 1. The van der Waals surface area contributed by atoms with Gasteiger partial charge in [0.2, 0.25) is 12.3 Å². The molecule has 3 rings (SSSR count). The van der Waals surface area contributed by atoms with Crippen LogP contribution in [0.3, 0.4) is 0 Å². The molecule has 116 valence electrons. The van der Waals surface area contributed by atoms with E-state index in [0.29, 0.717) is 23.0 Å². The molecule has 6 nitrogen and oxygen atoms in total. The highest BCUT2D eigenvalue weighted by Crippen LogP contribution is 2.30. The average Bonchev–Trinajstić information content (AvgIpc) is 3.04. The summed E-state index contributed by atoms with van der Waals surface area (Å²) in [7, 11) is 0. The van der Waals surface area contributed by atoms with Gasteiger partial charge in [0.25, 0.3) is 0 Å². The number of hydrogen-bond acceptors (Lipinski definition) is 5. The normalized spacial score (nSPS) is 18.4. The summed E-state index contributed by atoms with van der Waals surface area (Å²) in [6, 6.07) is 4.50. The average molecular weight is 322 g/mol. The lowest BCUT2D eigenvalue weighted by atomic mass is 10.00. The van der Waals surface area contributed by atoms with Crippen molar-refractivity contribution in [1.29, 1.82) is 0 Å². The largest absolute Gasteiger partial charge is 0.508 e. The van der Waals surface area contributed by atoms with Gasteiger partial charge in [0.05, 0.1) is 12.5 Å². The van der Waals surface area contributed by atoms with Crippen LogP contribution in [0.5, 0.6) is 5.75 Å². The number of piperidine rings is 1. The van der Waals surface area contributed by atoms with Crippen molar-refractivity contribution in [3.05, 3.63) is 41.0 Å². The van der Waals surface area contributed by atoms with Gasteiger partial charge in [-0.1, -0.05) is 22.8 Å². The molecule has 1 atom stereocenters. The van der Waals surface area contributed by atoms with Crippen LogP contribution in [0.2, 0.25) is 5.02 Å². The molecule has 0 aliphatic carbocycles. The summed E-state index contributed by atoms with van der Waals surface area (Å²) in [6.45, 7) is 0.674. The monoisotopic (exact) mass is 321 g/mol. The summed E-state index contributed by atoms with van der Waals surface area (Å²) in [5, 5.41) is 13.6. The summed E-state index contributed by atoms with van der Waals surface area (Å²) in [4.78, 5) is 18.5. The topological polar surface area (TPSA) is 79.5 Å². The molecular weight excluding hydrogens is 306 g/mol. The van der Waals surface area contributed by atoms with E-state index in [-0.39, 0.29) is 24.1 Å². The van der Waals surface area contributed by atoms with Crippen LogP contribution in [0.4, 0.5) is 0 Å². The van der Waals surface area contributed by atoms with E-state index < -0.39 is 0 Å². The minimum Gasteiger partial charge on any atom is -0.508 e. The smallest absolute Gasteiger partial charge is 0.227 e. The number of amides is 1. The Hall–Kier alpha value is -2.08. The lowest BCUT2D eigenvalue weighted by molar-refractivity contribution is -0.134. The lowest BCUT2D eigenvalue weighted by Crippen LogP contribution is -2.39. The van der Waals surface area contributed by atoms with Crippen LogP contribution >= 0.6 is 11.6 Å². The number of likely N-dealkylation sites (tertiary alicyclic amines) is 1. The van der Waals surface area contributed by atoms with Gasteiger partial charge < -0.3 is 14.5 Å². The number of rotatable bonds is 3. The molecule has 1 aromatic heterocycles. The van der Waals surface area contributed by atoms with E-state index in [1.807, 2.05) is 0 Å². The summed E-state index contributed by atoms with van der Waals surface area (Å²) < 4.78 is 4.80. The number of aromatic hydroxyl groups is 1. The molecule has 1 N–H and O–H groups in total. The van der Waals surface area contributed by atoms with Crippen molar-refractivity contribution in [3.8, 4) is 5.75 Å². The first-order valence-corrected chi connectivity index (χ1v) is 7.56. The van der Waals surface area contributed by atoms with Gasteiger partial charge in [-0.05, 0) is 37.0 Å². The molecule has 0 unspecified atom stereocenters. The number of hydrogen-bond donors (Lipinski definition) is 1. The van der Waals surface area contributed by atoms with Crippen LogP contribution in [-0.4, -0.2) is 32.6 Å². The number of aromatic nitrogens is 2. The Labute approximate surface area is 132 Å². The Morgan fingerprint density at radius 2 is 2.32 bits per heavy atom. The highest BCUT2D eigenvalue weighted by atomic mass is 35.5. The van der Waals surface area contributed by atoms with Crippen molar-refractivity contribution in [1.82, 2.24) is 15.0 Å². The summed E-state index contributed by atoms with van der Waals surface area (Å²) in [5.74, 6) is 0.607. The van der Waals surface area contributed by atoms with Crippen LogP contribution in [0.15, 0.2) is 29.1 Å². The number of carbonyl (C=O) groups excluding carboxylic acids is 1. The minimum atomic E-state index is -0.143. The molecule has 1 saturated heterocycles. The van der Waals surface area contributed by atoms with Gasteiger partial charge in [0.15, 0.2) is 5.82 Å². The highest BCUT2D eigenvalue weighted by molar-refractivity contribution is 6.31. The lowest BCUT2D eigenvalue weighted by Gasteiger charge is -2.34. The zero-order valence-corrected chi connectivity index (χ0v) is 12.7. The van der Waals surface area contributed by atoms with E-state index in [0.717, 1.165) is 19.3 Å². The van der Waals surface area contributed by atoms with Gasteiger partial charge in [-0.25, -0.2) is 0 Å². The predicted octanol–water partition coefficient (Wildman–Crippen LogP) is 2.72. The van der Waals surface area contributed by atoms with Gasteiger partial charge in [0, 0.05) is 11.6 Å². The fourth-order valence-corrected chi connectivity index (χ4v) is 3.01. The maximum absolute atomic E-state index is 12.6. The van der Waals surface area contributed by atoms with Crippen molar-refractivity contribution in [3.63, 3.8) is 0 Å². The van der Waals surface area contributed by atoms with Gasteiger partial charge in [-0.2, -0.15) is 4.98 Å². The first-order valence-electron chi connectivity index (χ1n) is 7.18. The van der Waals surface area contributed by atoms with Gasteiger partial charge in [-0.3, -0.25) is 4.79 Å². The van der Waals surface area contributed by atoms with Gasteiger partial charge in [-0.15, -0.1) is 0 Å². The first-order chi connectivity index (χ1) is 10.6. The fraction of sp³-hybridized carbons (Fsp3) is 0.400. The van der Waals surface area contributed by atoms with Crippen LogP contribution < -0.4 is 0 Å². The quantitative estimate of drug-likeness (QED) is 0.940. The SMILES string of the molecule is O=C(Cc1ccc(O)cc1Cl)N1CCCC[C@H]1c1ncon1. The molecule has 1 aliphatic rings. The molecule has 1 aromatic carbocycles. The van der Waals surface area contributed by atoms with Crippen molar-refractivity contribution in [2.24, 2.45) is 0 Å². The number of benzene rings is 1. The molecule has 2 heterocycles. The Bertz CT molecular complexity index is 660. The molecule has 1 amide bonds. The van der Waals surface area contributed by atoms with Crippen molar-refractivity contribution >= 4 is 17.5 Å². The van der Waals surface area contributed by atoms with E-state index in [9.17, 15) is 9.90 Å². The number of nitrogens with zero attached hydrogens (tertiary/aromatic N) is 3. The third-order valence-corrected chi connectivity index (χ3v) is 4.23. The maximum atomic E-state index is 12.6. The second kappa shape index (κ2) is 6.36. The van der Waals surface area contributed by atoms with Crippen molar-refractivity contribution in [2.75, 3.05) is 6.54 Å². The van der Waals surface area contributed by atoms with Gasteiger partial charge in [0.1, 0.15) is 5.75 Å². The van der Waals surface area contributed by atoms with E-state index in [2.05, 4.69) is 10.1 Å². The first kappa shape index (κ1) is 14.8. The Morgan fingerprint density at radius 3 is 3.05 bits per heavy atom. The molecule has 0 saturated carbocycles. The van der Waals surface area contributed by atoms with E-state index in [4.69, 9.17) is 16.1 Å². The molecule has 1 aliphatic heterocycles. The van der Waals surface area contributed by atoms with Crippen molar-refractivity contribution in [2.45, 2.75) is 31.7 Å². The predicted molar refractivity (Wildman–Crippen MR) is 79.4 cm³/mol. The third-order valence-electron chi connectivity index (χ3n) is 3.88. The van der Waals surface area contributed by atoms with Crippen LogP contribution in [-0.2, 0) is 11.2 Å². The van der Waals surface area contributed by atoms with E-state index in [1.165, 1.54) is 18.5 Å². The Morgan fingerprint density at radius 1 is 1.45 bits per heavy atom. The highest BCUT2D eigenvalue weighted by Gasteiger charge is 2.30. The Balaban J connectivity index is 1.77. The number of carbonyl (C=O) groups is 1.